The zero-order chi connectivity index (χ0) is 20.4. The van der Waals surface area contributed by atoms with Crippen LogP contribution < -0.4 is 24.3 Å². The van der Waals surface area contributed by atoms with Gasteiger partial charge < -0.3 is 24.3 Å². The number of aromatic nitrogens is 3. The molecule has 1 aliphatic heterocycles. The highest BCUT2D eigenvalue weighted by molar-refractivity contribution is 7.98. The number of hydrogen-bond acceptors (Lipinski definition) is 9. The summed E-state index contributed by atoms with van der Waals surface area (Å²) in [5, 5.41) is 12.5. The van der Waals surface area contributed by atoms with Crippen LogP contribution in [0.1, 0.15) is 11.8 Å². The summed E-state index contributed by atoms with van der Waals surface area (Å²) in [7, 11) is 4.73. The number of para-hydroxylation sites is 1. The number of benzene rings is 2. The molecule has 2 aromatic carbocycles. The Morgan fingerprint density at radius 1 is 1.00 bits per heavy atom. The van der Waals surface area contributed by atoms with E-state index in [1.165, 1.54) is 11.8 Å². The van der Waals surface area contributed by atoms with Crippen molar-refractivity contribution >= 4 is 17.4 Å². The van der Waals surface area contributed by atoms with Gasteiger partial charge in [-0.1, -0.05) is 30.0 Å². The van der Waals surface area contributed by atoms with Gasteiger partial charge in [0.15, 0.2) is 23.4 Å². The molecule has 1 aromatic heterocycles. The van der Waals surface area contributed by atoms with Crippen LogP contribution in [0.4, 0.5) is 5.69 Å². The van der Waals surface area contributed by atoms with Crippen LogP contribution in [0.15, 0.2) is 41.6 Å². The van der Waals surface area contributed by atoms with Crippen molar-refractivity contribution in [1.82, 2.24) is 15.2 Å². The predicted octanol–water partition coefficient (Wildman–Crippen LogP) is 3.79. The SMILES string of the molecule is COc1cc(C2Nc3ccccc3-c3nnc(SC)nc3O2)cc(OC)c1OC. The molecule has 29 heavy (non-hydrogen) atoms. The highest BCUT2D eigenvalue weighted by atomic mass is 32.2. The number of nitrogens with zero attached hydrogens (tertiary/aromatic N) is 3. The average Bonchev–Trinajstić information content (AvgIpc) is 2.94. The van der Waals surface area contributed by atoms with Crippen LogP contribution in [0.25, 0.3) is 11.3 Å². The minimum Gasteiger partial charge on any atom is -0.493 e. The average molecular weight is 412 g/mol. The maximum absolute atomic E-state index is 6.25. The zero-order valence-corrected chi connectivity index (χ0v) is 17.2. The van der Waals surface area contributed by atoms with E-state index in [0.29, 0.717) is 34.0 Å². The Kier molecular flexibility index (Phi) is 5.30. The molecule has 150 valence electrons. The van der Waals surface area contributed by atoms with E-state index in [1.807, 2.05) is 42.7 Å². The molecule has 0 spiro atoms. The number of anilines is 1. The van der Waals surface area contributed by atoms with Gasteiger partial charge in [0.2, 0.25) is 16.8 Å². The topological polar surface area (TPSA) is 87.6 Å². The molecule has 4 rings (SSSR count). The second-order valence-corrected chi connectivity index (χ2v) is 6.87. The molecule has 2 heterocycles. The lowest BCUT2D eigenvalue weighted by atomic mass is 10.1. The highest BCUT2D eigenvalue weighted by Crippen LogP contribution is 2.43. The number of hydrogen-bond donors (Lipinski definition) is 1. The number of rotatable bonds is 5. The second kappa shape index (κ2) is 8.04. The van der Waals surface area contributed by atoms with Gasteiger partial charge >= 0.3 is 0 Å². The lowest BCUT2D eigenvalue weighted by molar-refractivity contribution is 0.223. The van der Waals surface area contributed by atoms with Crippen molar-refractivity contribution < 1.29 is 18.9 Å². The first-order valence-electron chi connectivity index (χ1n) is 8.79. The molecule has 0 amide bonds. The Hall–Kier alpha value is -3.20. The third-order valence-electron chi connectivity index (χ3n) is 4.51. The van der Waals surface area contributed by atoms with Crippen molar-refractivity contribution in [1.29, 1.82) is 0 Å². The number of methoxy groups -OCH3 is 3. The third-order valence-corrected chi connectivity index (χ3v) is 5.04. The van der Waals surface area contributed by atoms with Crippen molar-refractivity contribution in [2.45, 2.75) is 11.4 Å². The Morgan fingerprint density at radius 2 is 1.72 bits per heavy atom. The molecule has 8 nitrogen and oxygen atoms in total. The molecular formula is C20H20N4O4S. The van der Waals surface area contributed by atoms with E-state index in [4.69, 9.17) is 18.9 Å². The van der Waals surface area contributed by atoms with Crippen molar-refractivity contribution in [3.8, 4) is 34.4 Å². The van der Waals surface area contributed by atoms with Crippen LogP contribution in [0.2, 0.25) is 0 Å². The van der Waals surface area contributed by atoms with Gasteiger partial charge in [-0.2, -0.15) is 4.98 Å². The first kappa shape index (κ1) is 19.1. The molecule has 1 aliphatic rings. The molecule has 3 aromatic rings. The molecule has 9 heteroatoms. The van der Waals surface area contributed by atoms with Gasteiger partial charge in [0, 0.05) is 16.8 Å². The fourth-order valence-electron chi connectivity index (χ4n) is 3.14. The standard InChI is InChI=1S/C20H20N4O4S/c1-25-14-9-11(10-15(26-2)17(14)27-3)18-21-13-8-6-5-7-12(13)16-19(28-18)22-20(29-4)24-23-16/h5-10,18,21H,1-4H3. The van der Waals surface area contributed by atoms with Gasteiger partial charge in [-0.25, -0.2) is 0 Å². The number of ether oxygens (including phenoxy) is 4. The maximum atomic E-state index is 6.25. The third kappa shape index (κ3) is 3.49. The Bertz CT molecular complexity index is 1020. The van der Waals surface area contributed by atoms with Gasteiger partial charge in [-0.05, 0) is 24.5 Å². The molecular weight excluding hydrogens is 392 g/mol. The van der Waals surface area contributed by atoms with Crippen LogP contribution in [0.3, 0.4) is 0 Å². The first-order chi connectivity index (χ1) is 14.2. The molecule has 0 fully saturated rings. The summed E-state index contributed by atoms with van der Waals surface area (Å²) in [5.41, 5.74) is 3.09. The van der Waals surface area contributed by atoms with Gasteiger partial charge in [0.25, 0.3) is 0 Å². The van der Waals surface area contributed by atoms with Gasteiger partial charge in [0.05, 0.1) is 21.3 Å². The Balaban J connectivity index is 1.86. The summed E-state index contributed by atoms with van der Waals surface area (Å²) in [6.45, 7) is 0. The highest BCUT2D eigenvalue weighted by Gasteiger charge is 2.27. The smallest absolute Gasteiger partial charge is 0.247 e. The minimum atomic E-state index is -0.558. The number of nitrogens with one attached hydrogen (secondary N) is 1. The first-order valence-corrected chi connectivity index (χ1v) is 10.0. The largest absolute Gasteiger partial charge is 0.493 e. The predicted molar refractivity (Wildman–Crippen MR) is 110 cm³/mol. The fourth-order valence-corrected chi connectivity index (χ4v) is 3.43. The minimum absolute atomic E-state index is 0.403. The van der Waals surface area contributed by atoms with Gasteiger partial charge in [-0.15, -0.1) is 10.2 Å². The van der Waals surface area contributed by atoms with Crippen molar-refractivity contribution in [2.75, 3.05) is 32.9 Å². The van der Waals surface area contributed by atoms with Crippen molar-refractivity contribution in [2.24, 2.45) is 0 Å². The van der Waals surface area contributed by atoms with E-state index in [1.54, 1.807) is 21.3 Å². The monoisotopic (exact) mass is 412 g/mol. The quantitative estimate of drug-likeness (QED) is 0.629. The van der Waals surface area contributed by atoms with Crippen LogP contribution >= 0.6 is 11.8 Å². The summed E-state index contributed by atoms with van der Waals surface area (Å²) in [5.74, 6) is 1.99. The van der Waals surface area contributed by atoms with Crippen LogP contribution in [-0.2, 0) is 0 Å². The molecule has 0 saturated carbocycles. The van der Waals surface area contributed by atoms with Crippen molar-refractivity contribution in [3.05, 3.63) is 42.0 Å². The second-order valence-electron chi connectivity index (χ2n) is 6.10. The Morgan fingerprint density at radius 3 is 2.38 bits per heavy atom. The van der Waals surface area contributed by atoms with E-state index in [9.17, 15) is 0 Å². The normalized spacial score (nSPS) is 14.6. The summed E-state index contributed by atoms with van der Waals surface area (Å²) < 4.78 is 22.6. The number of thioether (sulfide) groups is 1. The van der Waals surface area contributed by atoms with E-state index >= 15 is 0 Å². The summed E-state index contributed by atoms with van der Waals surface area (Å²) in [4.78, 5) is 4.53. The molecule has 1 atom stereocenters. The van der Waals surface area contributed by atoms with E-state index in [-0.39, 0.29) is 0 Å². The van der Waals surface area contributed by atoms with E-state index in [2.05, 4.69) is 20.5 Å². The summed E-state index contributed by atoms with van der Waals surface area (Å²) in [6, 6.07) is 11.5. The van der Waals surface area contributed by atoms with Crippen LogP contribution in [0, 0.1) is 0 Å². The van der Waals surface area contributed by atoms with E-state index in [0.717, 1.165) is 16.8 Å². The van der Waals surface area contributed by atoms with Crippen LogP contribution in [0.5, 0.6) is 23.1 Å². The number of fused-ring (bicyclic) bond motifs is 3. The van der Waals surface area contributed by atoms with Gasteiger partial charge in [-0.3, -0.25) is 0 Å². The lowest BCUT2D eigenvalue weighted by Gasteiger charge is -2.21. The molecule has 0 aliphatic carbocycles. The Labute approximate surface area is 172 Å². The summed E-state index contributed by atoms with van der Waals surface area (Å²) >= 11 is 1.40. The van der Waals surface area contributed by atoms with Crippen molar-refractivity contribution in [3.63, 3.8) is 0 Å². The lowest BCUT2D eigenvalue weighted by Crippen LogP contribution is -2.17. The summed E-state index contributed by atoms with van der Waals surface area (Å²) in [6.07, 6.45) is 1.33. The van der Waals surface area contributed by atoms with Crippen LogP contribution in [-0.4, -0.2) is 42.8 Å². The fraction of sp³-hybridized carbons (Fsp3) is 0.250. The maximum Gasteiger partial charge on any atom is 0.247 e. The molecule has 0 saturated heterocycles. The molecule has 1 N–H and O–H groups in total. The zero-order valence-electron chi connectivity index (χ0n) is 16.4. The molecule has 0 radical (unpaired) electrons. The van der Waals surface area contributed by atoms with E-state index < -0.39 is 6.23 Å². The molecule has 1 unspecified atom stereocenters. The molecule has 0 bridgehead atoms. The van der Waals surface area contributed by atoms with Gasteiger partial charge in [0.1, 0.15) is 0 Å².